The van der Waals surface area contributed by atoms with E-state index in [0.717, 1.165) is 11.3 Å². The third-order valence-electron chi connectivity index (χ3n) is 2.97. The van der Waals surface area contributed by atoms with Gasteiger partial charge in [0.25, 0.3) is 5.56 Å². The Balaban J connectivity index is 2.57. The molecule has 0 fully saturated rings. The third kappa shape index (κ3) is 2.84. The second kappa shape index (κ2) is 6.33. The molecule has 1 aromatic heterocycles. The minimum absolute atomic E-state index is 0.206. The first-order chi connectivity index (χ1) is 9.58. The summed E-state index contributed by atoms with van der Waals surface area (Å²) in [6, 6.07) is 8.83. The average molecular weight is 312 g/mol. The Bertz CT molecular complexity index is 680. The lowest BCUT2D eigenvalue weighted by Crippen LogP contribution is -2.21. The Hall–Kier alpha value is -1.45. The number of pyridine rings is 1. The second-order valence-electron chi connectivity index (χ2n) is 4.19. The van der Waals surface area contributed by atoms with E-state index in [0.29, 0.717) is 23.9 Å². The summed E-state index contributed by atoms with van der Waals surface area (Å²) in [5, 5.41) is 0.748. The van der Waals surface area contributed by atoms with Gasteiger partial charge in [-0.1, -0.05) is 23.2 Å². The lowest BCUT2D eigenvalue weighted by Gasteiger charge is -2.13. The van der Waals surface area contributed by atoms with E-state index in [2.05, 4.69) is 0 Å². The molecule has 2 aromatic rings. The monoisotopic (exact) mass is 311 g/mol. The highest BCUT2D eigenvalue weighted by molar-refractivity contribution is 6.33. The lowest BCUT2D eigenvalue weighted by molar-refractivity contribution is 0.340. The van der Waals surface area contributed by atoms with Gasteiger partial charge in [0.1, 0.15) is 10.8 Å². The number of hydrogen-bond acceptors (Lipinski definition) is 2. The van der Waals surface area contributed by atoms with Crippen molar-refractivity contribution in [2.24, 2.45) is 0 Å². The Kier molecular flexibility index (Phi) is 4.73. The first-order valence-electron chi connectivity index (χ1n) is 6.40. The predicted molar refractivity (Wildman–Crippen MR) is 83.0 cm³/mol. The molecule has 0 N–H and O–H groups in total. The van der Waals surface area contributed by atoms with E-state index >= 15 is 0 Å². The molecule has 0 bridgehead atoms. The molecule has 0 aliphatic carbocycles. The summed E-state index contributed by atoms with van der Waals surface area (Å²) in [6.45, 7) is 4.91. The van der Waals surface area contributed by atoms with Crippen LogP contribution < -0.4 is 10.3 Å². The molecule has 106 valence electrons. The van der Waals surface area contributed by atoms with E-state index < -0.39 is 0 Å². The average Bonchev–Trinajstić information content (AvgIpc) is 2.43. The van der Waals surface area contributed by atoms with E-state index in [-0.39, 0.29) is 10.6 Å². The van der Waals surface area contributed by atoms with Crippen molar-refractivity contribution in [1.82, 2.24) is 4.57 Å². The summed E-state index contributed by atoms with van der Waals surface area (Å²) in [5.41, 5.74) is 1.32. The van der Waals surface area contributed by atoms with E-state index in [1.165, 1.54) is 0 Å². The summed E-state index contributed by atoms with van der Waals surface area (Å²) in [7, 11) is 0. The fourth-order valence-electron chi connectivity index (χ4n) is 2.06. The molecule has 0 unspecified atom stereocenters. The van der Waals surface area contributed by atoms with Crippen LogP contribution in [0.1, 0.15) is 13.8 Å². The van der Waals surface area contributed by atoms with Gasteiger partial charge in [-0.2, -0.15) is 0 Å². The van der Waals surface area contributed by atoms with Gasteiger partial charge in [0, 0.05) is 12.1 Å². The highest BCUT2D eigenvalue weighted by Gasteiger charge is 2.11. The smallest absolute Gasteiger partial charge is 0.269 e. The molecule has 0 radical (unpaired) electrons. The Morgan fingerprint density at radius 2 is 1.85 bits per heavy atom. The van der Waals surface area contributed by atoms with Gasteiger partial charge in [0.2, 0.25) is 0 Å². The van der Waals surface area contributed by atoms with Crippen molar-refractivity contribution in [3.8, 4) is 17.0 Å². The lowest BCUT2D eigenvalue weighted by atomic mass is 10.1. The number of aromatic nitrogens is 1. The molecular weight excluding hydrogens is 297 g/mol. The minimum atomic E-state index is -0.211. The number of hydrogen-bond donors (Lipinski definition) is 0. The number of rotatable bonds is 4. The van der Waals surface area contributed by atoms with Gasteiger partial charge in [-0.3, -0.25) is 4.79 Å². The summed E-state index contributed by atoms with van der Waals surface area (Å²) in [6.07, 6.45) is 0. The van der Waals surface area contributed by atoms with Crippen molar-refractivity contribution < 1.29 is 4.74 Å². The van der Waals surface area contributed by atoms with Crippen LogP contribution in [0.5, 0.6) is 5.75 Å². The molecule has 5 heteroatoms. The standard InChI is InChI=1S/C15H15Cl2NO2/c1-3-18-14(8-7-12(16)15(18)19)11-6-5-10(20-4-2)9-13(11)17/h5-9H,3-4H2,1-2H3. The first kappa shape index (κ1) is 14.9. The summed E-state index contributed by atoms with van der Waals surface area (Å²) in [5.74, 6) is 0.709. The number of nitrogens with zero attached hydrogens (tertiary/aromatic N) is 1. The Labute approximate surface area is 127 Å². The van der Waals surface area contributed by atoms with Crippen molar-refractivity contribution in [2.45, 2.75) is 20.4 Å². The van der Waals surface area contributed by atoms with Crippen LogP contribution >= 0.6 is 23.2 Å². The summed E-state index contributed by atoms with van der Waals surface area (Å²) >= 11 is 12.2. The van der Waals surface area contributed by atoms with Gasteiger partial charge in [-0.15, -0.1) is 0 Å². The van der Waals surface area contributed by atoms with E-state index in [1.807, 2.05) is 26.0 Å². The molecule has 0 saturated heterocycles. The van der Waals surface area contributed by atoms with Crippen molar-refractivity contribution in [1.29, 1.82) is 0 Å². The number of ether oxygens (including phenoxy) is 1. The maximum Gasteiger partial charge on any atom is 0.269 e. The van der Waals surface area contributed by atoms with Crippen molar-refractivity contribution >= 4 is 23.2 Å². The van der Waals surface area contributed by atoms with E-state index in [1.54, 1.807) is 22.8 Å². The van der Waals surface area contributed by atoms with Crippen LogP contribution in [-0.4, -0.2) is 11.2 Å². The zero-order valence-corrected chi connectivity index (χ0v) is 12.8. The van der Waals surface area contributed by atoms with Crippen LogP contribution in [0.4, 0.5) is 0 Å². The van der Waals surface area contributed by atoms with E-state index in [9.17, 15) is 4.79 Å². The Morgan fingerprint density at radius 1 is 1.10 bits per heavy atom. The van der Waals surface area contributed by atoms with Gasteiger partial charge >= 0.3 is 0 Å². The maximum absolute atomic E-state index is 12.0. The van der Waals surface area contributed by atoms with Crippen LogP contribution in [0.2, 0.25) is 10.0 Å². The molecule has 1 aromatic carbocycles. The fourth-order valence-corrected chi connectivity index (χ4v) is 2.49. The topological polar surface area (TPSA) is 31.2 Å². The van der Waals surface area contributed by atoms with Crippen molar-refractivity contribution in [2.75, 3.05) is 6.61 Å². The van der Waals surface area contributed by atoms with Crippen LogP contribution in [0.25, 0.3) is 11.3 Å². The molecule has 1 heterocycles. The highest BCUT2D eigenvalue weighted by Crippen LogP contribution is 2.31. The highest BCUT2D eigenvalue weighted by atomic mass is 35.5. The number of halogens is 2. The zero-order valence-electron chi connectivity index (χ0n) is 11.3. The van der Waals surface area contributed by atoms with Crippen molar-refractivity contribution in [3.05, 3.63) is 50.7 Å². The quantitative estimate of drug-likeness (QED) is 0.845. The molecule has 0 aliphatic heterocycles. The Morgan fingerprint density at radius 3 is 2.45 bits per heavy atom. The minimum Gasteiger partial charge on any atom is -0.494 e. The molecule has 0 aliphatic rings. The van der Waals surface area contributed by atoms with Crippen LogP contribution in [0.15, 0.2) is 35.1 Å². The zero-order chi connectivity index (χ0) is 14.7. The van der Waals surface area contributed by atoms with Gasteiger partial charge in [-0.25, -0.2) is 0 Å². The molecule has 0 amide bonds. The van der Waals surface area contributed by atoms with Crippen LogP contribution in [-0.2, 0) is 6.54 Å². The second-order valence-corrected chi connectivity index (χ2v) is 5.00. The molecule has 0 atom stereocenters. The SMILES string of the molecule is CCOc1ccc(-c2ccc(Cl)c(=O)n2CC)c(Cl)c1. The molecule has 0 spiro atoms. The number of benzene rings is 1. The molecule has 2 rings (SSSR count). The molecule has 20 heavy (non-hydrogen) atoms. The molecular formula is C15H15Cl2NO2. The maximum atomic E-state index is 12.0. The third-order valence-corrected chi connectivity index (χ3v) is 3.57. The first-order valence-corrected chi connectivity index (χ1v) is 7.16. The van der Waals surface area contributed by atoms with Crippen LogP contribution in [0, 0.1) is 0 Å². The molecule has 0 saturated carbocycles. The molecule has 3 nitrogen and oxygen atoms in total. The van der Waals surface area contributed by atoms with Crippen molar-refractivity contribution in [3.63, 3.8) is 0 Å². The van der Waals surface area contributed by atoms with E-state index in [4.69, 9.17) is 27.9 Å². The fraction of sp³-hybridized carbons (Fsp3) is 0.267. The summed E-state index contributed by atoms with van der Waals surface area (Å²) < 4.78 is 7.00. The van der Waals surface area contributed by atoms with Gasteiger partial charge in [0.15, 0.2) is 0 Å². The normalized spacial score (nSPS) is 10.6. The largest absolute Gasteiger partial charge is 0.494 e. The van der Waals surface area contributed by atoms with Gasteiger partial charge in [-0.05, 0) is 44.2 Å². The summed E-state index contributed by atoms with van der Waals surface area (Å²) in [4.78, 5) is 12.0. The van der Waals surface area contributed by atoms with Gasteiger partial charge < -0.3 is 9.30 Å². The predicted octanol–water partition coefficient (Wildman–Crippen LogP) is 4.24. The van der Waals surface area contributed by atoms with Crippen LogP contribution in [0.3, 0.4) is 0 Å². The van der Waals surface area contributed by atoms with Gasteiger partial charge in [0.05, 0.1) is 17.3 Å².